The van der Waals surface area contributed by atoms with Crippen molar-refractivity contribution >= 4 is 29.3 Å². The molecule has 0 unspecified atom stereocenters. The minimum atomic E-state index is -0.185. The molecule has 27 heavy (non-hydrogen) atoms. The fraction of sp³-hybridized carbons (Fsp3) is 0.136. The molecule has 0 spiro atoms. The number of rotatable bonds is 5. The van der Waals surface area contributed by atoms with E-state index in [1.54, 1.807) is 6.08 Å². The van der Waals surface area contributed by atoms with Gasteiger partial charge in [0.15, 0.2) is 0 Å². The normalized spacial score (nSPS) is 10.8. The Hall–Kier alpha value is -3.47. The first-order valence-corrected chi connectivity index (χ1v) is 8.73. The van der Waals surface area contributed by atoms with Crippen LogP contribution in [0.4, 0.5) is 17.3 Å². The maximum atomic E-state index is 12.2. The third-order valence-corrected chi connectivity index (χ3v) is 3.87. The molecule has 0 fully saturated rings. The van der Waals surface area contributed by atoms with E-state index in [-0.39, 0.29) is 5.91 Å². The lowest BCUT2D eigenvalue weighted by Gasteiger charge is -2.09. The lowest BCUT2D eigenvalue weighted by Crippen LogP contribution is -2.08. The highest BCUT2D eigenvalue weighted by molar-refractivity contribution is 6.02. The maximum absolute atomic E-state index is 12.2. The van der Waals surface area contributed by atoms with Crippen molar-refractivity contribution in [3.63, 3.8) is 0 Å². The van der Waals surface area contributed by atoms with Crippen LogP contribution in [0.5, 0.6) is 0 Å². The fourth-order valence-corrected chi connectivity index (χ4v) is 2.62. The lowest BCUT2D eigenvalue weighted by atomic mass is 10.1. The zero-order valence-electron chi connectivity index (χ0n) is 15.7. The van der Waals surface area contributed by atoms with Crippen LogP contribution in [-0.4, -0.2) is 15.9 Å². The average Bonchev–Trinajstić information content (AvgIpc) is 2.61. The molecule has 1 aromatic heterocycles. The highest BCUT2D eigenvalue weighted by Crippen LogP contribution is 2.18. The van der Waals surface area contributed by atoms with E-state index in [1.807, 2.05) is 75.4 Å². The van der Waals surface area contributed by atoms with Crippen LogP contribution in [-0.2, 0) is 4.79 Å². The molecule has 2 aromatic carbocycles. The summed E-state index contributed by atoms with van der Waals surface area (Å²) in [5, 5.41) is 6.04. The highest BCUT2D eigenvalue weighted by Gasteiger charge is 2.03. The summed E-state index contributed by atoms with van der Waals surface area (Å²) in [6.07, 6.45) is 3.32. The zero-order valence-corrected chi connectivity index (χ0v) is 15.7. The molecule has 3 rings (SSSR count). The first-order chi connectivity index (χ1) is 13.0. The molecule has 5 heteroatoms. The largest absolute Gasteiger partial charge is 0.324 e. The summed E-state index contributed by atoms with van der Waals surface area (Å²) in [7, 11) is 0. The van der Waals surface area contributed by atoms with E-state index in [0.717, 1.165) is 22.6 Å². The van der Waals surface area contributed by atoms with Crippen LogP contribution in [0.25, 0.3) is 6.08 Å². The summed E-state index contributed by atoms with van der Waals surface area (Å²) in [5.41, 5.74) is 5.47. The number of nitrogens with one attached hydrogen (secondary N) is 2. The van der Waals surface area contributed by atoms with E-state index in [0.29, 0.717) is 11.6 Å². The van der Waals surface area contributed by atoms with Gasteiger partial charge >= 0.3 is 0 Å². The van der Waals surface area contributed by atoms with Crippen molar-refractivity contribution in [1.29, 1.82) is 0 Å². The Kier molecular flexibility index (Phi) is 5.61. The number of aryl methyl sites for hydroxylation is 3. The van der Waals surface area contributed by atoms with Crippen molar-refractivity contribution in [1.82, 2.24) is 9.97 Å². The van der Waals surface area contributed by atoms with Gasteiger partial charge in [0.25, 0.3) is 0 Å². The Balaban J connectivity index is 1.66. The quantitative estimate of drug-likeness (QED) is 0.643. The van der Waals surface area contributed by atoms with Crippen molar-refractivity contribution in [2.24, 2.45) is 0 Å². The molecular formula is C22H22N4O. The number of anilines is 3. The molecule has 0 saturated carbocycles. The molecule has 0 radical (unpaired) electrons. The molecule has 0 aliphatic heterocycles. The van der Waals surface area contributed by atoms with Crippen LogP contribution < -0.4 is 10.6 Å². The zero-order chi connectivity index (χ0) is 19.2. The van der Waals surface area contributed by atoms with Crippen molar-refractivity contribution in [3.05, 3.63) is 83.2 Å². The van der Waals surface area contributed by atoms with E-state index in [9.17, 15) is 4.79 Å². The molecule has 2 N–H and O–H groups in total. The molecule has 5 nitrogen and oxygen atoms in total. The van der Waals surface area contributed by atoms with Crippen LogP contribution in [0.3, 0.4) is 0 Å². The van der Waals surface area contributed by atoms with Gasteiger partial charge in [-0.25, -0.2) is 9.97 Å². The molecule has 1 heterocycles. The van der Waals surface area contributed by atoms with Crippen LogP contribution in [0.15, 0.2) is 60.7 Å². The van der Waals surface area contributed by atoms with Crippen LogP contribution in [0.1, 0.15) is 22.5 Å². The third-order valence-electron chi connectivity index (χ3n) is 3.87. The van der Waals surface area contributed by atoms with Crippen molar-refractivity contribution in [2.45, 2.75) is 20.8 Å². The van der Waals surface area contributed by atoms with Crippen LogP contribution in [0.2, 0.25) is 0 Å². The van der Waals surface area contributed by atoms with E-state index in [2.05, 4.69) is 20.6 Å². The summed E-state index contributed by atoms with van der Waals surface area (Å²) in [6, 6.07) is 17.4. The predicted octanol–water partition coefficient (Wildman–Crippen LogP) is 4.80. The summed E-state index contributed by atoms with van der Waals surface area (Å²) in [5.74, 6) is 0.352. The molecular weight excluding hydrogens is 336 g/mol. The fourth-order valence-electron chi connectivity index (χ4n) is 2.62. The van der Waals surface area contributed by atoms with E-state index >= 15 is 0 Å². The Morgan fingerprint density at radius 2 is 1.56 bits per heavy atom. The third kappa shape index (κ3) is 5.51. The second-order valence-corrected chi connectivity index (χ2v) is 6.41. The second kappa shape index (κ2) is 8.27. The first-order valence-electron chi connectivity index (χ1n) is 8.73. The Labute approximate surface area is 159 Å². The van der Waals surface area contributed by atoms with Gasteiger partial charge in [-0.1, -0.05) is 35.9 Å². The maximum Gasteiger partial charge on any atom is 0.248 e. The summed E-state index contributed by atoms with van der Waals surface area (Å²) >= 11 is 0. The molecule has 0 atom stereocenters. The molecule has 0 aliphatic rings. The minimum absolute atomic E-state index is 0.185. The SMILES string of the molecule is Cc1ccc(/C=C/C(=O)Nc2cccc(Nc3nc(C)cc(C)n3)c2)cc1. The standard InChI is InChI=1S/C22H22N4O/c1-15-7-9-18(10-8-15)11-12-21(27)25-19-5-4-6-20(14-19)26-22-23-16(2)13-17(3)24-22/h4-14H,1-3H3,(H,25,27)(H,23,24,26)/b12-11+. The number of carbonyl (C=O) groups excluding carboxylic acids is 1. The van der Waals surface area contributed by atoms with Gasteiger partial charge in [0.2, 0.25) is 11.9 Å². The number of hydrogen-bond donors (Lipinski definition) is 2. The smallest absolute Gasteiger partial charge is 0.248 e. The number of benzene rings is 2. The predicted molar refractivity (Wildman–Crippen MR) is 110 cm³/mol. The van der Waals surface area contributed by atoms with Crippen molar-refractivity contribution < 1.29 is 4.79 Å². The van der Waals surface area contributed by atoms with Crippen molar-refractivity contribution in [2.75, 3.05) is 10.6 Å². The molecule has 0 aliphatic carbocycles. The van der Waals surface area contributed by atoms with Gasteiger partial charge < -0.3 is 10.6 Å². The van der Waals surface area contributed by atoms with Gasteiger partial charge in [0, 0.05) is 28.8 Å². The van der Waals surface area contributed by atoms with Crippen LogP contribution in [0, 0.1) is 20.8 Å². The monoisotopic (exact) mass is 358 g/mol. The van der Waals surface area contributed by atoms with Gasteiger partial charge in [-0.15, -0.1) is 0 Å². The molecule has 3 aromatic rings. The van der Waals surface area contributed by atoms with Crippen molar-refractivity contribution in [3.8, 4) is 0 Å². The number of nitrogens with zero attached hydrogens (tertiary/aromatic N) is 2. The second-order valence-electron chi connectivity index (χ2n) is 6.41. The highest BCUT2D eigenvalue weighted by atomic mass is 16.1. The van der Waals surface area contributed by atoms with E-state index < -0.39 is 0 Å². The molecule has 1 amide bonds. The molecule has 0 bridgehead atoms. The summed E-state index contributed by atoms with van der Waals surface area (Å²) in [4.78, 5) is 20.9. The minimum Gasteiger partial charge on any atom is -0.324 e. The van der Waals surface area contributed by atoms with Gasteiger partial charge in [0.1, 0.15) is 0 Å². The topological polar surface area (TPSA) is 66.9 Å². The number of carbonyl (C=O) groups is 1. The summed E-state index contributed by atoms with van der Waals surface area (Å²) < 4.78 is 0. The Morgan fingerprint density at radius 1 is 0.889 bits per heavy atom. The van der Waals surface area contributed by atoms with Gasteiger partial charge in [-0.05, 0) is 56.7 Å². The van der Waals surface area contributed by atoms with Gasteiger partial charge in [0.05, 0.1) is 0 Å². The Bertz CT molecular complexity index is 958. The average molecular weight is 358 g/mol. The summed E-state index contributed by atoms with van der Waals surface area (Å²) in [6.45, 7) is 5.89. The number of amides is 1. The van der Waals surface area contributed by atoms with E-state index in [4.69, 9.17) is 0 Å². The van der Waals surface area contributed by atoms with Gasteiger partial charge in [-0.2, -0.15) is 0 Å². The molecule has 136 valence electrons. The Morgan fingerprint density at radius 3 is 2.26 bits per heavy atom. The van der Waals surface area contributed by atoms with Gasteiger partial charge in [-0.3, -0.25) is 4.79 Å². The number of hydrogen-bond acceptors (Lipinski definition) is 4. The van der Waals surface area contributed by atoms with Crippen LogP contribution >= 0.6 is 0 Å². The lowest BCUT2D eigenvalue weighted by molar-refractivity contribution is -0.111. The first kappa shape index (κ1) is 18.3. The van der Waals surface area contributed by atoms with E-state index in [1.165, 1.54) is 11.6 Å². The number of aromatic nitrogens is 2. The molecule has 0 saturated heterocycles.